The lowest BCUT2D eigenvalue weighted by molar-refractivity contribution is -0.142. The first-order valence-electron chi connectivity index (χ1n) is 10.9. The molecule has 2 amide bonds. The van der Waals surface area contributed by atoms with Crippen LogP contribution in [0.5, 0.6) is 0 Å². The first-order valence-corrected chi connectivity index (χ1v) is 10.9. The van der Waals surface area contributed by atoms with Crippen LogP contribution in [0.1, 0.15) is 64.9 Å². The molecule has 168 valence electrons. The Labute approximate surface area is 184 Å². The van der Waals surface area contributed by atoms with Crippen molar-refractivity contribution in [3.63, 3.8) is 0 Å². The number of urea groups is 1. The summed E-state index contributed by atoms with van der Waals surface area (Å²) in [5.41, 5.74) is 1.41. The van der Waals surface area contributed by atoms with Crippen molar-refractivity contribution in [1.82, 2.24) is 5.32 Å². The third-order valence-electron chi connectivity index (χ3n) is 6.62. The van der Waals surface area contributed by atoms with Gasteiger partial charge >= 0.3 is 12.0 Å². The monoisotopic (exact) mass is 427 g/mol. The fourth-order valence-corrected chi connectivity index (χ4v) is 5.74. The molecule has 7 nitrogen and oxygen atoms in total. The van der Waals surface area contributed by atoms with Gasteiger partial charge in [0.1, 0.15) is 0 Å². The molecule has 1 aliphatic heterocycles. The maximum atomic E-state index is 13.3. The van der Waals surface area contributed by atoms with Crippen LogP contribution in [0.4, 0.5) is 10.5 Å². The van der Waals surface area contributed by atoms with E-state index in [0.717, 1.165) is 30.5 Å². The van der Waals surface area contributed by atoms with Gasteiger partial charge < -0.3 is 10.1 Å². The third kappa shape index (κ3) is 4.99. The van der Waals surface area contributed by atoms with Crippen molar-refractivity contribution in [2.24, 2.45) is 15.8 Å². The summed E-state index contributed by atoms with van der Waals surface area (Å²) >= 11 is 0. The van der Waals surface area contributed by atoms with Gasteiger partial charge in [0.15, 0.2) is 0 Å². The van der Waals surface area contributed by atoms with Gasteiger partial charge in [-0.25, -0.2) is 14.6 Å². The number of para-hydroxylation sites is 1. The van der Waals surface area contributed by atoms with E-state index in [1.807, 2.05) is 31.2 Å². The van der Waals surface area contributed by atoms with E-state index >= 15 is 0 Å². The van der Waals surface area contributed by atoms with Crippen molar-refractivity contribution < 1.29 is 19.1 Å². The first-order chi connectivity index (χ1) is 14.6. The van der Waals surface area contributed by atoms with E-state index < -0.39 is 0 Å². The van der Waals surface area contributed by atoms with Gasteiger partial charge in [0.2, 0.25) is 6.08 Å². The summed E-state index contributed by atoms with van der Waals surface area (Å²) < 4.78 is 4.99. The van der Waals surface area contributed by atoms with Crippen LogP contribution in [0.15, 0.2) is 29.3 Å². The van der Waals surface area contributed by atoms with Crippen molar-refractivity contribution in [2.45, 2.75) is 71.4 Å². The summed E-state index contributed by atoms with van der Waals surface area (Å²) in [5.74, 6) is -0.656. The van der Waals surface area contributed by atoms with Gasteiger partial charge in [-0.1, -0.05) is 39.0 Å². The number of carbonyl (C=O) groups excluding carboxylic acids is 3. The molecule has 3 rings (SSSR count). The molecule has 1 aliphatic carbocycles. The number of methoxy groups -OCH3 is 1. The predicted octanol–water partition coefficient (Wildman–Crippen LogP) is 4.17. The van der Waals surface area contributed by atoms with Gasteiger partial charge in [0.05, 0.1) is 19.1 Å². The van der Waals surface area contributed by atoms with E-state index in [9.17, 15) is 14.4 Å². The molecule has 0 bridgehead atoms. The zero-order chi connectivity index (χ0) is 22.8. The van der Waals surface area contributed by atoms with Crippen LogP contribution in [0.25, 0.3) is 0 Å². The van der Waals surface area contributed by atoms with Gasteiger partial charge in [0, 0.05) is 18.3 Å². The van der Waals surface area contributed by atoms with E-state index in [-0.39, 0.29) is 40.8 Å². The molecule has 1 aromatic rings. The van der Waals surface area contributed by atoms with Gasteiger partial charge in [-0.05, 0) is 55.1 Å². The number of esters is 1. The highest BCUT2D eigenvalue weighted by Gasteiger charge is 2.42. The average Bonchev–Trinajstić information content (AvgIpc) is 2.69. The number of nitrogens with one attached hydrogen (secondary N) is 1. The third-order valence-corrected chi connectivity index (χ3v) is 6.62. The Bertz CT molecular complexity index is 893. The molecule has 4 atom stereocenters. The van der Waals surface area contributed by atoms with Crippen molar-refractivity contribution in [1.29, 1.82) is 0 Å². The highest BCUT2D eigenvalue weighted by Crippen LogP contribution is 2.47. The van der Waals surface area contributed by atoms with Crippen molar-refractivity contribution >= 4 is 23.8 Å². The maximum absolute atomic E-state index is 13.3. The van der Waals surface area contributed by atoms with Crippen molar-refractivity contribution in [2.75, 3.05) is 18.6 Å². The minimum atomic E-state index is -0.376. The van der Waals surface area contributed by atoms with Crippen LogP contribution in [-0.2, 0) is 14.3 Å². The molecule has 0 spiro atoms. The van der Waals surface area contributed by atoms with Gasteiger partial charge in [-0.15, -0.1) is 0 Å². The summed E-state index contributed by atoms with van der Waals surface area (Å²) in [7, 11) is 1.39. The van der Waals surface area contributed by atoms with E-state index in [4.69, 9.17) is 4.74 Å². The lowest BCUT2D eigenvalue weighted by Crippen LogP contribution is -2.52. The Morgan fingerprint density at radius 3 is 2.65 bits per heavy atom. The number of fused-ring (bicyclic) bond motifs is 1. The van der Waals surface area contributed by atoms with Gasteiger partial charge in [0.25, 0.3) is 0 Å². The van der Waals surface area contributed by atoms with E-state index in [2.05, 4.69) is 31.1 Å². The highest BCUT2D eigenvalue weighted by atomic mass is 16.5. The van der Waals surface area contributed by atoms with Crippen molar-refractivity contribution in [3.05, 3.63) is 29.8 Å². The van der Waals surface area contributed by atoms with Crippen LogP contribution in [-0.4, -0.2) is 43.8 Å². The number of carbonyl (C=O) groups is 2. The van der Waals surface area contributed by atoms with Crippen molar-refractivity contribution in [3.8, 4) is 0 Å². The number of aliphatic imine (C=N–C) groups is 1. The second-order valence-corrected chi connectivity index (χ2v) is 10.2. The standard InChI is InChI=1S/C24H33N3O4/c1-16-10-19(21(29)31-5)18-8-6-7-9-20(18)27(16)22(30)25-14-24(4)12-17(26-15-28)11-23(2,3)13-24/h6-9,16-17,19H,10-14H2,1-5H3,(H,25,30). The molecule has 31 heavy (non-hydrogen) atoms. The number of nitrogens with zero attached hydrogens (tertiary/aromatic N) is 2. The SMILES string of the molecule is COC(=O)C1CC(C)N(C(=O)NCC2(C)CC(N=C=O)CC(C)(C)C2)c2ccccc21. The topological polar surface area (TPSA) is 88.1 Å². The molecule has 4 unspecified atom stereocenters. The van der Waals surface area contributed by atoms with Gasteiger partial charge in [-0.2, -0.15) is 0 Å². The molecule has 7 heteroatoms. The fourth-order valence-electron chi connectivity index (χ4n) is 5.74. The number of ether oxygens (including phenoxy) is 1. The zero-order valence-corrected chi connectivity index (χ0v) is 19.1. The molecule has 1 saturated carbocycles. The normalized spacial score (nSPS) is 29.3. The highest BCUT2D eigenvalue weighted by molar-refractivity contribution is 5.96. The second kappa shape index (κ2) is 8.83. The quantitative estimate of drug-likeness (QED) is 0.444. The number of rotatable bonds is 4. The Kier molecular flexibility index (Phi) is 6.56. The number of isocyanates is 1. The first kappa shape index (κ1) is 23.0. The van der Waals surface area contributed by atoms with Gasteiger partial charge in [-0.3, -0.25) is 9.69 Å². The lowest BCUT2D eigenvalue weighted by Gasteiger charge is -2.45. The predicted molar refractivity (Wildman–Crippen MR) is 119 cm³/mol. The van der Waals surface area contributed by atoms with Crippen LogP contribution in [0.2, 0.25) is 0 Å². The average molecular weight is 428 g/mol. The number of anilines is 1. The summed E-state index contributed by atoms with van der Waals surface area (Å²) in [4.78, 5) is 42.1. The molecule has 1 fully saturated rings. The Morgan fingerprint density at radius 2 is 1.97 bits per heavy atom. The smallest absolute Gasteiger partial charge is 0.322 e. The number of benzene rings is 1. The zero-order valence-electron chi connectivity index (χ0n) is 19.1. The lowest BCUT2D eigenvalue weighted by atomic mass is 9.63. The van der Waals surface area contributed by atoms with E-state index in [0.29, 0.717) is 13.0 Å². The van der Waals surface area contributed by atoms with Crippen LogP contribution in [0.3, 0.4) is 0 Å². The Balaban J connectivity index is 1.78. The Morgan fingerprint density at radius 1 is 1.26 bits per heavy atom. The largest absolute Gasteiger partial charge is 0.469 e. The molecule has 1 heterocycles. The number of amides is 2. The summed E-state index contributed by atoms with van der Waals surface area (Å²) in [6.07, 6.45) is 4.73. The molecule has 1 aromatic carbocycles. The molecule has 0 aromatic heterocycles. The van der Waals surface area contributed by atoms with Crippen LogP contribution >= 0.6 is 0 Å². The maximum Gasteiger partial charge on any atom is 0.322 e. The summed E-state index contributed by atoms with van der Waals surface area (Å²) in [5, 5.41) is 3.12. The van der Waals surface area contributed by atoms with E-state index in [1.165, 1.54) is 7.11 Å². The second-order valence-electron chi connectivity index (χ2n) is 10.2. The van der Waals surface area contributed by atoms with Crippen LogP contribution in [0, 0.1) is 10.8 Å². The number of hydrogen-bond donors (Lipinski definition) is 1. The molecular formula is C24H33N3O4. The minimum Gasteiger partial charge on any atom is -0.469 e. The van der Waals surface area contributed by atoms with E-state index in [1.54, 1.807) is 11.0 Å². The Hall–Kier alpha value is -2.66. The minimum absolute atomic E-state index is 0.0293. The molecule has 0 radical (unpaired) electrons. The molecule has 1 N–H and O–H groups in total. The summed E-state index contributed by atoms with van der Waals surface area (Å²) in [6.45, 7) is 8.94. The number of hydrogen-bond acceptors (Lipinski definition) is 5. The van der Waals surface area contributed by atoms with Crippen LogP contribution < -0.4 is 10.2 Å². The molecular weight excluding hydrogens is 394 g/mol. The molecule has 0 saturated heterocycles. The fraction of sp³-hybridized carbons (Fsp3) is 0.625. The summed E-state index contributed by atoms with van der Waals surface area (Å²) in [6, 6.07) is 7.11. The molecule has 2 aliphatic rings.